The Hall–Kier alpha value is -3.61. The van der Waals surface area contributed by atoms with Crippen LogP contribution in [0.3, 0.4) is 0 Å². The quantitative estimate of drug-likeness (QED) is 0.593. The van der Waals surface area contributed by atoms with Crippen molar-refractivity contribution in [3.05, 3.63) is 54.1 Å². The third kappa shape index (κ3) is 2.50. The summed E-state index contributed by atoms with van der Waals surface area (Å²) >= 11 is 0. The van der Waals surface area contributed by atoms with E-state index in [1.807, 2.05) is 37.4 Å². The number of hydrogen-bond acceptors (Lipinski definition) is 4. The summed E-state index contributed by atoms with van der Waals surface area (Å²) in [7, 11) is 3.48. The molecule has 1 amide bonds. The third-order valence-corrected chi connectivity index (χ3v) is 4.25. The summed E-state index contributed by atoms with van der Waals surface area (Å²) in [4.78, 5) is 19.2. The number of nitrogens with zero attached hydrogens (tertiary/aromatic N) is 3. The first-order valence-electron chi connectivity index (χ1n) is 8.05. The Morgan fingerprint density at radius 1 is 1.19 bits per heavy atom. The maximum Gasteiger partial charge on any atom is 0.248 e. The van der Waals surface area contributed by atoms with Crippen LogP contribution in [0.2, 0.25) is 0 Å². The molecule has 26 heavy (non-hydrogen) atoms. The lowest BCUT2D eigenvalue weighted by atomic mass is 10.1. The van der Waals surface area contributed by atoms with Gasteiger partial charge >= 0.3 is 0 Å². The minimum atomic E-state index is -0.488. The molecule has 0 saturated carbocycles. The molecule has 0 aliphatic rings. The zero-order chi connectivity index (χ0) is 18.3. The van der Waals surface area contributed by atoms with Crippen molar-refractivity contribution in [2.45, 2.75) is 0 Å². The number of amides is 1. The highest BCUT2D eigenvalue weighted by atomic mass is 16.5. The van der Waals surface area contributed by atoms with Gasteiger partial charge in [0.05, 0.1) is 18.1 Å². The lowest BCUT2D eigenvalue weighted by Crippen LogP contribution is -2.10. The number of nitrogens with one attached hydrogen (secondary N) is 1. The summed E-state index contributed by atoms with van der Waals surface area (Å²) in [5.74, 6) is 0.711. The fraction of sp³-hybridized carbons (Fsp3) is 0.105. The fourth-order valence-corrected chi connectivity index (χ4v) is 3.04. The molecule has 0 aliphatic carbocycles. The van der Waals surface area contributed by atoms with Crippen LogP contribution in [0.25, 0.3) is 33.8 Å². The monoisotopic (exact) mass is 347 g/mol. The average molecular weight is 347 g/mol. The minimum Gasteiger partial charge on any atom is -0.492 e. The van der Waals surface area contributed by atoms with Gasteiger partial charge in [0.25, 0.3) is 0 Å². The Bertz CT molecular complexity index is 1110. The van der Waals surface area contributed by atoms with E-state index in [-0.39, 0.29) is 0 Å². The van der Waals surface area contributed by atoms with Crippen molar-refractivity contribution in [3.8, 4) is 28.5 Å². The van der Waals surface area contributed by atoms with E-state index in [0.717, 1.165) is 16.8 Å². The number of rotatable bonds is 4. The molecule has 0 atom stereocenters. The van der Waals surface area contributed by atoms with Crippen molar-refractivity contribution in [1.29, 1.82) is 0 Å². The normalized spacial score (nSPS) is 11.0. The third-order valence-electron chi connectivity index (χ3n) is 4.25. The highest BCUT2D eigenvalue weighted by molar-refractivity contribution is 5.96. The highest BCUT2D eigenvalue weighted by Gasteiger charge is 2.22. The van der Waals surface area contributed by atoms with E-state index < -0.39 is 5.91 Å². The molecular formula is C19H17N5O2. The van der Waals surface area contributed by atoms with Crippen LogP contribution in [-0.4, -0.2) is 32.8 Å². The van der Waals surface area contributed by atoms with Gasteiger partial charge in [-0.3, -0.25) is 9.48 Å². The molecule has 0 bridgehead atoms. The number of H-pyrrole nitrogens is 1. The van der Waals surface area contributed by atoms with Gasteiger partial charge in [0.2, 0.25) is 5.91 Å². The van der Waals surface area contributed by atoms with Crippen molar-refractivity contribution < 1.29 is 9.53 Å². The summed E-state index contributed by atoms with van der Waals surface area (Å²) < 4.78 is 7.42. The number of aromatic amines is 1. The van der Waals surface area contributed by atoms with E-state index in [4.69, 9.17) is 10.5 Å². The Kier molecular flexibility index (Phi) is 3.69. The molecule has 0 fully saturated rings. The van der Waals surface area contributed by atoms with Gasteiger partial charge in [0.1, 0.15) is 5.69 Å². The summed E-state index contributed by atoms with van der Waals surface area (Å²) in [6, 6.07) is 15.0. The number of methoxy groups -OCH3 is 1. The van der Waals surface area contributed by atoms with Gasteiger partial charge in [-0.25, -0.2) is 4.98 Å². The van der Waals surface area contributed by atoms with Crippen LogP contribution in [0.4, 0.5) is 0 Å². The van der Waals surface area contributed by atoms with Crippen molar-refractivity contribution in [2.75, 3.05) is 7.11 Å². The van der Waals surface area contributed by atoms with E-state index in [1.165, 1.54) is 0 Å². The van der Waals surface area contributed by atoms with Crippen LogP contribution in [0.1, 0.15) is 10.4 Å². The van der Waals surface area contributed by atoms with Gasteiger partial charge < -0.3 is 15.5 Å². The first kappa shape index (κ1) is 15.9. The second-order valence-corrected chi connectivity index (χ2v) is 5.90. The molecule has 7 nitrogen and oxygen atoms in total. The van der Waals surface area contributed by atoms with Crippen molar-refractivity contribution >= 4 is 16.9 Å². The number of imidazole rings is 1. The van der Waals surface area contributed by atoms with Gasteiger partial charge in [-0.05, 0) is 18.2 Å². The van der Waals surface area contributed by atoms with Gasteiger partial charge in [0, 0.05) is 18.2 Å². The molecule has 2 aromatic heterocycles. The second-order valence-electron chi connectivity index (χ2n) is 5.90. The van der Waals surface area contributed by atoms with Gasteiger partial charge in [-0.1, -0.05) is 30.3 Å². The predicted octanol–water partition coefficient (Wildman–Crippen LogP) is 2.74. The topological polar surface area (TPSA) is 98.8 Å². The first-order chi connectivity index (χ1) is 12.6. The lowest BCUT2D eigenvalue weighted by molar-refractivity contribution is 0.100. The maximum absolute atomic E-state index is 11.4. The van der Waals surface area contributed by atoms with Crippen LogP contribution in [-0.2, 0) is 7.05 Å². The maximum atomic E-state index is 11.4. The molecule has 3 N–H and O–H groups in total. The molecule has 0 radical (unpaired) electrons. The number of ether oxygens (including phenoxy) is 1. The van der Waals surface area contributed by atoms with Crippen LogP contribution in [0.15, 0.2) is 48.5 Å². The summed E-state index contributed by atoms with van der Waals surface area (Å²) in [5, 5.41) is 4.59. The zero-order valence-corrected chi connectivity index (χ0v) is 14.4. The van der Waals surface area contributed by atoms with Crippen molar-refractivity contribution in [1.82, 2.24) is 19.7 Å². The average Bonchev–Trinajstić information content (AvgIpc) is 3.21. The van der Waals surface area contributed by atoms with E-state index in [2.05, 4.69) is 15.1 Å². The molecule has 0 aliphatic heterocycles. The molecule has 0 spiro atoms. The zero-order valence-electron chi connectivity index (χ0n) is 14.4. The summed E-state index contributed by atoms with van der Waals surface area (Å²) in [6.45, 7) is 0. The molecule has 4 rings (SSSR count). The Balaban J connectivity index is 1.88. The number of hydrogen-bond donors (Lipinski definition) is 2. The fourth-order valence-electron chi connectivity index (χ4n) is 3.04. The van der Waals surface area contributed by atoms with Crippen LogP contribution < -0.4 is 10.5 Å². The molecule has 0 unspecified atom stereocenters. The van der Waals surface area contributed by atoms with Gasteiger partial charge in [-0.15, -0.1) is 0 Å². The number of aromatic nitrogens is 4. The van der Waals surface area contributed by atoms with E-state index in [1.54, 1.807) is 30.0 Å². The largest absolute Gasteiger partial charge is 0.492 e. The molecule has 2 aromatic carbocycles. The van der Waals surface area contributed by atoms with E-state index >= 15 is 0 Å². The predicted molar refractivity (Wildman–Crippen MR) is 98.8 cm³/mol. The number of aryl methyl sites for hydroxylation is 1. The first-order valence-corrected chi connectivity index (χ1v) is 8.05. The lowest BCUT2D eigenvalue weighted by Gasteiger charge is -2.05. The number of primary amides is 1. The SMILES string of the molecule is COc1c(-c2nc3cc(C(N)=O)ccc3[nH]2)nn(C)c1-c1ccccc1. The van der Waals surface area contributed by atoms with Crippen molar-refractivity contribution in [3.63, 3.8) is 0 Å². The number of nitrogens with two attached hydrogens (primary N) is 1. The molecule has 130 valence electrons. The van der Waals surface area contributed by atoms with Crippen LogP contribution in [0, 0.1) is 0 Å². The molecule has 2 heterocycles. The van der Waals surface area contributed by atoms with Gasteiger partial charge in [0.15, 0.2) is 17.3 Å². The van der Waals surface area contributed by atoms with Crippen LogP contribution in [0.5, 0.6) is 5.75 Å². The molecule has 7 heteroatoms. The Labute approximate surface area is 149 Å². The standard InChI is InChI=1S/C19H17N5O2/c1-24-16(11-6-4-3-5-7-11)17(26-2)15(23-24)19-21-13-9-8-12(18(20)25)10-14(13)22-19/h3-10H,1-2H3,(H2,20,25)(H,21,22). The minimum absolute atomic E-state index is 0.411. The Morgan fingerprint density at radius 3 is 2.65 bits per heavy atom. The Morgan fingerprint density at radius 2 is 1.96 bits per heavy atom. The molecule has 0 saturated heterocycles. The summed E-state index contributed by atoms with van der Waals surface area (Å²) in [6.07, 6.45) is 0. The molecule has 4 aromatic rings. The smallest absolute Gasteiger partial charge is 0.248 e. The number of carbonyl (C=O) groups excluding carboxylic acids is 1. The highest BCUT2D eigenvalue weighted by Crippen LogP contribution is 2.37. The van der Waals surface area contributed by atoms with Crippen molar-refractivity contribution in [2.24, 2.45) is 12.8 Å². The number of benzene rings is 2. The molecular weight excluding hydrogens is 330 g/mol. The van der Waals surface area contributed by atoms with E-state index in [9.17, 15) is 4.79 Å². The van der Waals surface area contributed by atoms with Crippen LogP contribution >= 0.6 is 0 Å². The number of fused-ring (bicyclic) bond motifs is 1. The second kappa shape index (κ2) is 6.03. The van der Waals surface area contributed by atoms with Gasteiger partial charge in [-0.2, -0.15) is 5.10 Å². The number of carbonyl (C=O) groups is 1. The summed E-state index contributed by atoms with van der Waals surface area (Å²) in [5.41, 5.74) is 9.65. The van der Waals surface area contributed by atoms with E-state index in [0.29, 0.717) is 28.3 Å².